The van der Waals surface area contributed by atoms with E-state index in [-0.39, 0.29) is 11.9 Å². The van der Waals surface area contributed by atoms with Crippen LogP contribution in [0.4, 0.5) is 0 Å². The van der Waals surface area contributed by atoms with Crippen molar-refractivity contribution in [3.8, 4) is 0 Å². The zero-order valence-electron chi connectivity index (χ0n) is 15.6. The summed E-state index contributed by atoms with van der Waals surface area (Å²) in [6, 6.07) is 9.62. The lowest BCUT2D eigenvalue weighted by molar-refractivity contribution is -0.129. The highest BCUT2D eigenvalue weighted by atomic mass is 35.5. The maximum Gasteiger partial charge on any atom is 0.349 e. The van der Waals surface area contributed by atoms with Crippen molar-refractivity contribution in [2.24, 2.45) is 0 Å². The molecule has 0 aliphatic heterocycles. The van der Waals surface area contributed by atoms with Gasteiger partial charge in [0.05, 0.1) is 12.2 Å². The molecule has 1 aliphatic carbocycles. The molecule has 0 radical (unpaired) electrons. The smallest absolute Gasteiger partial charge is 0.349 e. The minimum absolute atomic E-state index is 0.233. The fraction of sp³-hybridized carbons (Fsp3) is 0.350. The summed E-state index contributed by atoms with van der Waals surface area (Å²) in [6.07, 6.45) is 1.16. The van der Waals surface area contributed by atoms with Gasteiger partial charge in [0.1, 0.15) is 9.71 Å². The molecular formula is C20H20ClN3O3S. The normalized spacial score (nSPS) is 14.8. The molecule has 0 spiro atoms. The van der Waals surface area contributed by atoms with Crippen molar-refractivity contribution >= 4 is 45.0 Å². The number of hydrogen-bond acceptors (Lipinski definition) is 5. The summed E-state index contributed by atoms with van der Waals surface area (Å²) in [4.78, 5) is 25.9. The lowest BCUT2D eigenvalue weighted by Crippen LogP contribution is -2.36. The summed E-state index contributed by atoms with van der Waals surface area (Å²) in [5.74, 6) is -0.749. The maximum absolute atomic E-state index is 12.5. The van der Waals surface area contributed by atoms with E-state index in [1.807, 2.05) is 35.9 Å². The van der Waals surface area contributed by atoms with E-state index in [1.165, 1.54) is 11.3 Å². The Hall–Kier alpha value is -2.38. The van der Waals surface area contributed by atoms with Crippen molar-refractivity contribution in [2.45, 2.75) is 45.4 Å². The van der Waals surface area contributed by atoms with Gasteiger partial charge in [0.25, 0.3) is 5.91 Å². The molecule has 3 aromatic rings. The number of carbonyl (C=O) groups is 2. The molecule has 146 valence electrons. The van der Waals surface area contributed by atoms with E-state index in [9.17, 15) is 9.59 Å². The van der Waals surface area contributed by atoms with Crippen LogP contribution in [0.2, 0.25) is 5.02 Å². The molecule has 1 amide bonds. The average molecular weight is 418 g/mol. The van der Waals surface area contributed by atoms with Crippen LogP contribution in [0.25, 0.3) is 10.2 Å². The molecular weight excluding hydrogens is 398 g/mol. The second-order valence-corrected chi connectivity index (χ2v) is 8.43. The lowest BCUT2D eigenvalue weighted by atomic mass is 10.2. The number of rotatable bonds is 6. The Labute approximate surface area is 171 Å². The number of carbonyl (C=O) groups excluding carboxylic acids is 2. The molecule has 0 saturated heterocycles. The topological polar surface area (TPSA) is 73.2 Å². The van der Waals surface area contributed by atoms with Crippen molar-refractivity contribution in [1.29, 1.82) is 0 Å². The van der Waals surface area contributed by atoms with Crippen LogP contribution in [0.5, 0.6) is 0 Å². The highest BCUT2D eigenvalue weighted by Crippen LogP contribution is 2.30. The standard InChI is InChI=1S/C20H20ClN3O3S/c1-11-15-9-17(20(26)27-12(2)18(25)22-14-7-8-14)28-19(15)24(23-11)10-13-5-3-4-6-16(13)21/h3-6,9,12,14H,7-8,10H2,1-2H3,(H,22,25). The summed E-state index contributed by atoms with van der Waals surface area (Å²) in [7, 11) is 0. The molecule has 28 heavy (non-hydrogen) atoms. The number of nitrogens with zero attached hydrogens (tertiary/aromatic N) is 2. The number of halogens is 1. The highest BCUT2D eigenvalue weighted by Gasteiger charge is 2.28. The molecule has 1 aliphatic rings. The predicted molar refractivity (Wildman–Crippen MR) is 109 cm³/mol. The predicted octanol–water partition coefficient (Wildman–Crippen LogP) is 3.93. The van der Waals surface area contributed by atoms with E-state index in [0.29, 0.717) is 16.4 Å². The number of amides is 1. The van der Waals surface area contributed by atoms with Gasteiger partial charge in [-0.2, -0.15) is 5.10 Å². The van der Waals surface area contributed by atoms with Gasteiger partial charge in [0, 0.05) is 16.5 Å². The Balaban J connectivity index is 1.53. The maximum atomic E-state index is 12.5. The number of aryl methyl sites for hydroxylation is 1. The second-order valence-electron chi connectivity index (χ2n) is 6.99. The molecule has 2 heterocycles. The van der Waals surface area contributed by atoms with Crippen molar-refractivity contribution in [3.05, 3.63) is 51.5 Å². The minimum Gasteiger partial charge on any atom is -0.448 e. The molecule has 1 N–H and O–H groups in total. The Morgan fingerprint density at radius 3 is 2.86 bits per heavy atom. The Morgan fingerprint density at radius 1 is 1.39 bits per heavy atom. The van der Waals surface area contributed by atoms with Gasteiger partial charge in [-0.1, -0.05) is 29.8 Å². The monoisotopic (exact) mass is 417 g/mol. The van der Waals surface area contributed by atoms with Gasteiger partial charge < -0.3 is 10.1 Å². The molecule has 8 heteroatoms. The third kappa shape index (κ3) is 3.91. The number of aromatic nitrogens is 2. The first kappa shape index (κ1) is 19.0. The lowest BCUT2D eigenvalue weighted by Gasteiger charge is -2.12. The third-order valence-corrected chi connectivity index (χ3v) is 6.16. The van der Waals surface area contributed by atoms with E-state index < -0.39 is 12.1 Å². The van der Waals surface area contributed by atoms with Crippen LogP contribution in [0.3, 0.4) is 0 Å². The molecule has 0 bridgehead atoms. The molecule has 1 saturated carbocycles. The highest BCUT2D eigenvalue weighted by molar-refractivity contribution is 7.20. The number of nitrogens with one attached hydrogen (secondary N) is 1. The van der Waals surface area contributed by atoms with Crippen molar-refractivity contribution in [3.63, 3.8) is 0 Å². The number of ether oxygens (including phenoxy) is 1. The van der Waals surface area contributed by atoms with E-state index in [4.69, 9.17) is 16.3 Å². The Morgan fingerprint density at radius 2 is 2.14 bits per heavy atom. The fourth-order valence-electron chi connectivity index (χ4n) is 2.93. The third-order valence-electron chi connectivity index (χ3n) is 4.66. The molecule has 6 nitrogen and oxygen atoms in total. The number of hydrogen-bond donors (Lipinski definition) is 1. The molecule has 1 fully saturated rings. The fourth-order valence-corrected chi connectivity index (χ4v) is 4.17. The average Bonchev–Trinajstić information content (AvgIpc) is 3.27. The van der Waals surface area contributed by atoms with Gasteiger partial charge in [0.15, 0.2) is 6.10 Å². The number of benzene rings is 1. The Kier molecular flexibility index (Phi) is 5.12. The number of fused-ring (bicyclic) bond motifs is 1. The summed E-state index contributed by atoms with van der Waals surface area (Å²) < 4.78 is 7.20. The first-order valence-electron chi connectivity index (χ1n) is 9.14. The largest absolute Gasteiger partial charge is 0.448 e. The molecule has 1 atom stereocenters. The van der Waals surface area contributed by atoms with Gasteiger partial charge in [-0.3, -0.25) is 9.48 Å². The van der Waals surface area contributed by atoms with Gasteiger partial charge in [-0.25, -0.2) is 4.79 Å². The SMILES string of the molecule is Cc1nn(Cc2ccccc2Cl)c2sc(C(=O)OC(C)C(=O)NC3CC3)cc12. The molecule has 2 aromatic heterocycles. The second kappa shape index (κ2) is 7.56. The quantitative estimate of drug-likeness (QED) is 0.616. The molecule has 1 unspecified atom stereocenters. The zero-order chi connectivity index (χ0) is 19.8. The summed E-state index contributed by atoms with van der Waals surface area (Å²) in [5, 5.41) is 8.99. The van der Waals surface area contributed by atoms with Gasteiger partial charge in [0.2, 0.25) is 0 Å². The van der Waals surface area contributed by atoms with E-state index >= 15 is 0 Å². The zero-order valence-corrected chi connectivity index (χ0v) is 17.1. The first-order chi connectivity index (χ1) is 13.4. The van der Waals surface area contributed by atoms with Gasteiger partial charge >= 0.3 is 5.97 Å². The summed E-state index contributed by atoms with van der Waals surface area (Å²) in [6.45, 7) is 4.01. The first-order valence-corrected chi connectivity index (χ1v) is 10.3. The minimum atomic E-state index is -0.820. The van der Waals surface area contributed by atoms with Gasteiger partial charge in [-0.15, -0.1) is 11.3 Å². The van der Waals surface area contributed by atoms with Crippen LogP contribution in [-0.2, 0) is 16.1 Å². The number of thiophene rings is 1. The van der Waals surface area contributed by atoms with Crippen LogP contribution in [0.1, 0.15) is 40.7 Å². The van der Waals surface area contributed by atoms with Crippen molar-refractivity contribution < 1.29 is 14.3 Å². The summed E-state index contributed by atoms with van der Waals surface area (Å²) in [5.41, 5.74) is 1.79. The molecule has 4 rings (SSSR count). The van der Waals surface area contributed by atoms with E-state index in [2.05, 4.69) is 10.4 Å². The molecule has 1 aromatic carbocycles. The van der Waals surface area contributed by atoms with Crippen LogP contribution in [-0.4, -0.2) is 33.8 Å². The van der Waals surface area contributed by atoms with E-state index in [1.54, 1.807) is 13.0 Å². The Bertz CT molecular complexity index is 1050. The summed E-state index contributed by atoms with van der Waals surface area (Å²) >= 11 is 7.57. The van der Waals surface area contributed by atoms with Crippen LogP contribution in [0, 0.1) is 6.92 Å². The van der Waals surface area contributed by atoms with Crippen molar-refractivity contribution in [2.75, 3.05) is 0 Å². The van der Waals surface area contributed by atoms with Crippen LogP contribution in [0.15, 0.2) is 30.3 Å². The van der Waals surface area contributed by atoms with Crippen LogP contribution < -0.4 is 5.32 Å². The van der Waals surface area contributed by atoms with Gasteiger partial charge in [-0.05, 0) is 44.4 Å². The van der Waals surface area contributed by atoms with E-state index in [0.717, 1.165) is 34.3 Å². The van der Waals surface area contributed by atoms with Crippen LogP contribution >= 0.6 is 22.9 Å². The van der Waals surface area contributed by atoms with Crippen molar-refractivity contribution in [1.82, 2.24) is 15.1 Å². The number of esters is 1.